The number of anilines is 2. The van der Waals surface area contributed by atoms with Crippen LogP contribution in [0.15, 0.2) is 58.0 Å². The summed E-state index contributed by atoms with van der Waals surface area (Å²) in [5.74, 6) is -1.29. The van der Waals surface area contributed by atoms with Crippen LogP contribution in [0.1, 0.15) is 36.8 Å². The number of carbonyl (C=O) groups is 3. The van der Waals surface area contributed by atoms with Crippen molar-refractivity contribution in [2.45, 2.75) is 6.92 Å². The summed E-state index contributed by atoms with van der Waals surface area (Å²) in [6, 6.07) is 10.9. The molecule has 0 fully saturated rings. The van der Waals surface area contributed by atoms with Gasteiger partial charge in [0, 0.05) is 12.7 Å². The second-order valence-corrected chi connectivity index (χ2v) is 7.89. The summed E-state index contributed by atoms with van der Waals surface area (Å²) >= 11 is 6.38. The van der Waals surface area contributed by atoms with Gasteiger partial charge in [-0.1, -0.05) is 23.7 Å². The highest BCUT2D eigenvalue weighted by molar-refractivity contribution is 6.40. The van der Waals surface area contributed by atoms with E-state index in [9.17, 15) is 19.2 Å². The summed E-state index contributed by atoms with van der Waals surface area (Å²) in [7, 11) is 1.52. The summed E-state index contributed by atoms with van der Waals surface area (Å²) in [6.45, 7) is 1.56. The van der Waals surface area contributed by atoms with E-state index in [1.54, 1.807) is 31.2 Å². The van der Waals surface area contributed by atoms with Gasteiger partial charge in [-0.25, -0.2) is 9.88 Å². The van der Waals surface area contributed by atoms with Crippen LogP contribution in [-0.4, -0.2) is 27.3 Å². The molecular formula is C23H15ClN4O5. The van der Waals surface area contributed by atoms with Gasteiger partial charge in [0.1, 0.15) is 17.5 Å². The van der Waals surface area contributed by atoms with E-state index in [2.05, 4.69) is 10.3 Å². The van der Waals surface area contributed by atoms with Gasteiger partial charge in [0.15, 0.2) is 0 Å². The van der Waals surface area contributed by atoms with E-state index in [1.807, 2.05) is 0 Å². The van der Waals surface area contributed by atoms with E-state index < -0.39 is 23.3 Å². The smallest absolute Gasteiger partial charge is 0.266 e. The van der Waals surface area contributed by atoms with Crippen molar-refractivity contribution in [2.75, 3.05) is 10.2 Å². The van der Waals surface area contributed by atoms with Gasteiger partial charge >= 0.3 is 0 Å². The lowest BCUT2D eigenvalue weighted by Gasteiger charge is -2.16. The molecule has 0 aliphatic carbocycles. The fourth-order valence-electron chi connectivity index (χ4n) is 3.83. The van der Waals surface area contributed by atoms with Gasteiger partial charge in [-0.15, -0.1) is 0 Å². The second-order valence-electron chi connectivity index (χ2n) is 7.49. The molecule has 1 aliphatic rings. The lowest BCUT2D eigenvalue weighted by atomic mass is 10.1. The number of aromatic nitrogens is 2. The van der Waals surface area contributed by atoms with Crippen LogP contribution in [0.5, 0.6) is 0 Å². The van der Waals surface area contributed by atoms with Crippen LogP contribution in [0, 0.1) is 6.92 Å². The number of nitrogens with one attached hydrogen (secondary N) is 1. The number of carbonyl (C=O) groups excluding carboxylic acids is 3. The first kappa shape index (κ1) is 20.7. The monoisotopic (exact) mass is 462 g/mol. The Hall–Kier alpha value is -4.24. The van der Waals surface area contributed by atoms with Gasteiger partial charge in [0.2, 0.25) is 5.71 Å². The largest absolute Gasteiger partial charge is 0.442 e. The normalized spacial score (nSPS) is 13.0. The quantitative estimate of drug-likeness (QED) is 0.466. The number of furan rings is 1. The van der Waals surface area contributed by atoms with E-state index in [1.165, 1.54) is 36.1 Å². The van der Waals surface area contributed by atoms with E-state index >= 15 is 0 Å². The SMILES string of the molecule is Cc1oc2ncn(C)c(=O)c2c1C(=O)Nc1ccc(N2C(=O)c3ccccc3C2=O)c(Cl)c1. The van der Waals surface area contributed by atoms with Crippen LogP contribution in [0.2, 0.25) is 5.02 Å². The summed E-state index contributed by atoms with van der Waals surface area (Å²) in [4.78, 5) is 56.0. The lowest BCUT2D eigenvalue weighted by Crippen LogP contribution is -2.29. The van der Waals surface area contributed by atoms with Gasteiger partial charge in [-0.05, 0) is 37.3 Å². The number of fused-ring (bicyclic) bond motifs is 2. The zero-order valence-corrected chi connectivity index (χ0v) is 18.1. The molecule has 0 radical (unpaired) electrons. The number of benzene rings is 2. The first-order valence-corrected chi connectivity index (χ1v) is 10.2. The predicted molar refractivity (Wildman–Crippen MR) is 121 cm³/mol. The van der Waals surface area contributed by atoms with Crippen molar-refractivity contribution in [3.05, 3.63) is 86.6 Å². The van der Waals surface area contributed by atoms with E-state index in [0.717, 1.165) is 4.90 Å². The van der Waals surface area contributed by atoms with E-state index in [0.29, 0.717) is 16.8 Å². The maximum atomic E-state index is 13.0. The minimum atomic E-state index is -0.583. The number of nitrogens with zero attached hydrogens (tertiary/aromatic N) is 3. The fraction of sp³-hybridized carbons (Fsp3) is 0.0870. The molecule has 9 nitrogen and oxygen atoms in total. The Bertz CT molecular complexity index is 1530. The number of imide groups is 1. The topological polar surface area (TPSA) is 115 Å². The molecule has 0 saturated carbocycles. The number of hydrogen-bond donors (Lipinski definition) is 1. The number of amides is 3. The molecule has 0 saturated heterocycles. The molecule has 10 heteroatoms. The van der Waals surface area contributed by atoms with Crippen molar-refractivity contribution in [3.8, 4) is 0 Å². The van der Waals surface area contributed by atoms with Crippen molar-refractivity contribution in [2.24, 2.45) is 7.05 Å². The number of aryl methyl sites for hydroxylation is 2. The Kier molecular flexibility index (Phi) is 4.64. The molecule has 33 heavy (non-hydrogen) atoms. The molecule has 5 rings (SSSR count). The maximum absolute atomic E-state index is 13.0. The molecule has 0 unspecified atom stereocenters. The standard InChI is InChI=1S/C23H15ClN4O5/c1-11-17(18-20(33-11)25-10-27(2)23(18)32)19(29)26-12-7-8-16(15(24)9-12)28-21(30)13-5-3-4-6-14(13)22(28)31/h3-10H,1-2H3,(H,26,29). The Morgan fingerprint density at radius 1 is 1.06 bits per heavy atom. The van der Waals surface area contributed by atoms with Crippen LogP contribution < -0.4 is 15.8 Å². The highest BCUT2D eigenvalue weighted by atomic mass is 35.5. The molecule has 3 heterocycles. The van der Waals surface area contributed by atoms with Gasteiger partial charge < -0.3 is 14.3 Å². The third-order valence-electron chi connectivity index (χ3n) is 5.42. The lowest BCUT2D eigenvalue weighted by molar-refractivity contribution is 0.0924. The van der Waals surface area contributed by atoms with Gasteiger partial charge in [-0.2, -0.15) is 0 Å². The predicted octanol–water partition coefficient (Wildman–Crippen LogP) is 3.54. The van der Waals surface area contributed by atoms with E-state index in [4.69, 9.17) is 16.0 Å². The maximum Gasteiger partial charge on any atom is 0.266 e. The molecule has 1 aliphatic heterocycles. The van der Waals surface area contributed by atoms with Crippen molar-refractivity contribution >= 4 is 51.8 Å². The van der Waals surface area contributed by atoms with Crippen molar-refractivity contribution in [3.63, 3.8) is 0 Å². The second kappa shape index (κ2) is 7.42. The Balaban J connectivity index is 1.47. The first-order chi connectivity index (χ1) is 15.8. The average Bonchev–Trinajstić information content (AvgIpc) is 3.26. The highest BCUT2D eigenvalue weighted by Crippen LogP contribution is 2.35. The van der Waals surface area contributed by atoms with Crippen LogP contribution >= 0.6 is 11.6 Å². The van der Waals surface area contributed by atoms with Crippen LogP contribution in [0.3, 0.4) is 0 Å². The molecule has 2 aromatic heterocycles. The molecule has 2 aromatic carbocycles. The van der Waals surface area contributed by atoms with Crippen molar-refractivity contribution in [1.29, 1.82) is 0 Å². The summed E-state index contributed by atoms with van der Waals surface area (Å²) in [5.41, 5.74) is 0.825. The fourth-order valence-corrected chi connectivity index (χ4v) is 4.09. The van der Waals surface area contributed by atoms with E-state index in [-0.39, 0.29) is 33.1 Å². The summed E-state index contributed by atoms with van der Waals surface area (Å²) in [5, 5.41) is 2.84. The third kappa shape index (κ3) is 3.13. The Morgan fingerprint density at radius 3 is 2.36 bits per heavy atom. The zero-order valence-electron chi connectivity index (χ0n) is 17.4. The highest BCUT2D eigenvalue weighted by Gasteiger charge is 2.37. The van der Waals surface area contributed by atoms with Gasteiger partial charge in [0.05, 0.1) is 27.4 Å². The molecule has 164 valence electrons. The molecule has 1 N–H and O–H groups in total. The van der Waals surface area contributed by atoms with Crippen LogP contribution in [0.25, 0.3) is 11.1 Å². The number of rotatable bonds is 3. The molecular weight excluding hydrogens is 448 g/mol. The van der Waals surface area contributed by atoms with Crippen LogP contribution in [0.4, 0.5) is 11.4 Å². The summed E-state index contributed by atoms with van der Waals surface area (Å²) < 4.78 is 6.72. The molecule has 4 aromatic rings. The minimum absolute atomic E-state index is 0.0687. The first-order valence-electron chi connectivity index (χ1n) is 9.81. The molecule has 3 amide bonds. The van der Waals surface area contributed by atoms with Crippen molar-refractivity contribution in [1.82, 2.24) is 9.55 Å². The van der Waals surface area contributed by atoms with Gasteiger partial charge in [0.25, 0.3) is 23.3 Å². The zero-order chi connectivity index (χ0) is 23.4. The third-order valence-corrected chi connectivity index (χ3v) is 5.72. The summed E-state index contributed by atoms with van der Waals surface area (Å²) in [6.07, 6.45) is 1.31. The Morgan fingerprint density at radius 2 is 1.73 bits per heavy atom. The molecule has 0 bridgehead atoms. The molecule has 0 atom stereocenters. The Labute approximate surface area is 191 Å². The average molecular weight is 463 g/mol. The van der Waals surface area contributed by atoms with Gasteiger partial charge in [-0.3, -0.25) is 19.2 Å². The molecule has 0 spiro atoms. The van der Waals surface area contributed by atoms with Crippen molar-refractivity contribution < 1.29 is 18.8 Å². The minimum Gasteiger partial charge on any atom is -0.442 e. The number of hydrogen-bond acceptors (Lipinski definition) is 6. The van der Waals surface area contributed by atoms with Crippen LogP contribution in [-0.2, 0) is 7.05 Å². The number of halogens is 1.